The van der Waals surface area contributed by atoms with Gasteiger partial charge in [0.1, 0.15) is 0 Å². The lowest BCUT2D eigenvalue weighted by Crippen LogP contribution is -1.94. The van der Waals surface area contributed by atoms with Gasteiger partial charge in [0.2, 0.25) is 0 Å². The van der Waals surface area contributed by atoms with E-state index in [2.05, 4.69) is 179 Å². The highest BCUT2D eigenvalue weighted by Gasteiger charge is 2.22. The minimum absolute atomic E-state index is 1.16. The molecule has 0 radical (unpaired) electrons. The van der Waals surface area contributed by atoms with E-state index in [1.807, 2.05) is 0 Å². The van der Waals surface area contributed by atoms with Gasteiger partial charge in [0.25, 0.3) is 0 Å². The molecule has 0 fully saturated rings. The Kier molecular flexibility index (Phi) is 5.54. The van der Waals surface area contributed by atoms with Gasteiger partial charge < -0.3 is 9.13 Å². The zero-order valence-electron chi connectivity index (χ0n) is 24.1. The van der Waals surface area contributed by atoms with Gasteiger partial charge >= 0.3 is 0 Å². The van der Waals surface area contributed by atoms with Crippen LogP contribution in [0.1, 0.15) is 0 Å². The third-order valence-electron chi connectivity index (χ3n) is 8.89. The highest BCUT2D eigenvalue weighted by atomic mass is 15.1. The van der Waals surface area contributed by atoms with Crippen LogP contribution in [0, 0.1) is 0 Å². The fourth-order valence-corrected chi connectivity index (χ4v) is 6.97. The number of aromatic nitrogens is 2. The van der Waals surface area contributed by atoms with Crippen molar-refractivity contribution in [3.05, 3.63) is 170 Å². The van der Waals surface area contributed by atoms with Gasteiger partial charge in [-0.25, -0.2) is 0 Å². The first-order chi connectivity index (χ1) is 21.8. The summed E-state index contributed by atoms with van der Waals surface area (Å²) in [6, 6.07) is 61.4. The zero-order valence-corrected chi connectivity index (χ0v) is 24.1. The maximum absolute atomic E-state index is 2.46. The van der Waals surface area contributed by atoms with Crippen molar-refractivity contribution in [1.82, 2.24) is 9.13 Å². The molecule has 0 N–H and O–H groups in total. The van der Waals surface area contributed by atoms with Crippen molar-refractivity contribution in [2.24, 2.45) is 0 Å². The van der Waals surface area contributed by atoms with Crippen molar-refractivity contribution in [2.45, 2.75) is 0 Å². The molecule has 0 aliphatic heterocycles. The van der Waals surface area contributed by atoms with E-state index >= 15 is 0 Å². The van der Waals surface area contributed by atoms with Gasteiger partial charge in [-0.05, 0) is 69.4 Å². The van der Waals surface area contributed by atoms with E-state index in [0.29, 0.717) is 0 Å². The molecule has 0 aliphatic rings. The molecule has 2 aromatic heterocycles. The van der Waals surface area contributed by atoms with Crippen LogP contribution in [0.2, 0.25) is 0 Å². The molecule has 206 valence electrons. The average molecular weight is 561 g/mol. The summed E-state index contributed by atoms with van der Waals surface area (Å²) in [5.41, 5.74) is 12.0. The third kappa shape index (κ3) is 3.75. The van der Waals surface area contributed by atoms with Crippen LogP contribution >= 0.6 is 0 Å². The topological polar surface area (TPSA) is 9.86 Å². The van der Waals surface area contributed by atoms with Crippen LogP contribution in [0.3, 0.4) is 0 Å². The maximum Gasteiger partial charge on any atom is 0.0803 e. The normalized spacial score (nSPS) is 11.6. The first-order valence-corrected chi connectivity index (χ1v) is 15.1. The second-order valence-corrected chi connectivity index (χ2v) is 11.4. The number of hydrogen-bond donors (Lipinski definition) is 0. The first-order valence-electron chi connectivity index (χ1n) is 15.1. The summed E-state index contributed by atoms with van der Waals surface area (Å²) in [6.45, 7) is 0. The summed E-state index contributed by atoms with van der Waals surface area (Å²) in [5.74, 6) is 0. The standard InChI is InChI=1S/C42H28N2/c1-2-13-29(14-3-1)31-17-10-19-33(27-31)43-39-25-8-6-22-37(39)42-41(43)38-23-7-9-26-40(38)44(42)34-20-11-18-32(28-34)36-24-12-16-30-15-4-5-21-35(30)36/h1-28H. The van der Waals surface area contributed by atoms with Crippen LogP contribution in [0.5, 0.6) is 0 Å². The molecular formula is C42H28N2. The summed E-state index contributed by atoms with van der Waals surface area (Å²) in [7, 11) is 0. The third-order valence-corrected chi connectivity index (χ3v) is 8.89. The molecule has 0 bridgehead atoms. The average Bonchev–Trinajstić information content (AvgIpc) is 3.61. The van der Waals surface area contributed by atoms with E-state index in [4.69, 9.17) is 0 Å². The van der Waals surface area contributed by atoms with Crippen LogP contribution in [-0.2, 0) is 0 Å². The number of para-hydroxylation sites is 2. The Labute approximate surface area is 255 Å². The Bertz CT molecular complexity index is 2480. The van der Waals surface area contributed by atoms with Crippen LogP contribution in [0.25, 0.3) is 77.2 Å². The molecule has 9 aromatic rings. The van der Waals surface area contributed by atoms with E-state index in [0.717, 1.165) is 11.4 Å². The molecule has 7 aromatic carbocycles. The minimum atomic E-state index is 1.16. The zero-order chi connectivity index (χ0) is 29.0. The van der Waals surface area contributed by atoms with Crippen molar-refractivity contribution < 1.29 is 0 Å². The van der Waals surface area contributed by atoms with Crippen LogP contribution in [0.15, 0.2) is 170 Å². The van der Waals surface area contributed by atoms with E-state index in [1.54, 1.807) is 0 Å². The molecule has 0 spiro atoms. The molecule has 0 saturated heterocycles. The molecular weight excluding hydrogens is 532 g/mol. The Hall–Kier alpha value is -5.86. The molecule has 44 heavy (non-hydrogen) atoms. The molecule has 0 amide bonds. The lowest BCUT2D eigenvalue weighted by molar-refractivity contribution is 1.17. The van der Waals surface area contributed by atoms with E-state index in [9.17, 15) is 0 Å². The van der Waals surface area contributed by atoms with Gasteiger partial charge in [-0.1, -0.05) is 133 Å². The van der Waals surface area contributed by atoms with Gasteiger partial charge in [0, 0.05) is 22.1 Å². The predicted octanol–water partition coefficient (Wildman–Crippen LogP) is 11.2. The SMILES string of the molecule is c1ccc(-c2cccc(-n3c4ccccc4c4c3c3ccccc3n4-c3cccc(-c4cccc5ccccc45)c3)c2)cc1. The lowest BCUT2D eigenvalue weighted by Gasteiger charge is -2.12. The monoisotopic (exact) mass is 560 g/mol. The van der Waals surface area contributed by atoms with Crippen LogP contribution < -0.4 is 0 Å². The molecule has 2 nitrogen and oxygen atoms in total. The molecule has 0 saturated carbocycles. The van der Waals surface area contributed by atoms with Crippen molar-refractivity contribution in [3.63, 3.8) is 0 Å². The smallest absolute Gasteiger partial charge is 0.0803 e. The summed E-state index contributed by atoms with van der Waals surface area (Å²) in [4.78, 5) is 0. The molecule has 0 aliphatic carbocycles. The van der Waals surface area contributed by atoms with E-state index < -0.39 is 0 Å². The Balaban J connectivity index is 1.34. The number of hydrogen-bond acceptors (Lipinski definition) is 0. The fourth-order valence-electron chi connectivity index (χ4n) is 6.97. The van der Waals surface area contributed by atoms with E-state index in [-0.39, 0.29) is 0 Å². The largest absolute Gasteiger partial charge is 0.307 e. The van der Waals surface area contributed by atoms with Crippen LogP contribution in [0.4, 0.5) is 0 Å². The van der Waals surface area contributed by atoms with Gasteiger partial charge in [-0.2, -0.15) is 0 Å². The summed E-state index contributed by atoms with van der Waals surface area (Å²) in [5, 5.41) is 4.99. The van der Waals surface area contributed by atoms with Crippen molar-refractivity contribution in [3.8, 4) is 33.6 Å². The minimum Gasteiger partial charge on any atom is -0.307 e. The second-order valence-electron chi connectivity index (χ2n) is 11.4. The highest BCUT2D eigenvalue weighted by Crippen LogP contribution is 2.41. The number of rotatable bonds is 4. The number of benzene rings is 7. The number of nitrogens with zero attached hydrogens (tertiary/aromatic N) is 2. The quantitative estimate of drug-likeness (QED) is 0.203. The summed E-state index contributed by atoms with van der Waals surface area (Å²) >= 11 is 0. The predicted molar refractivity (Wildman–Crippen MR) is 186 cm³/mol. The van der Waals surface area contributed by atoms with Gasteiger partial charge in [-0.15, -0.1) is 0 Å². The lowest BCUT2D eigenvalue weighted by atomic mass is 9.98. The van der Waals surface area contributed by atoms with Gasteiger partial charge in [0.15, 0.2) is 0 Å². The Morgan fingerprint density at radius 2 is 0.795 bits per heavy atom. The Morgan fingerprint density at radius 1 is 0.318 bits per heavy atom. The summed E-state index contributed by atoms with van der Waals surface area (Å²) < 4.78 is 4.91. The number of fused-ring (bicyclic) bond motifs is 6. The molecule has 0 atom stereocenters. The van der Waals surface area contributed by atoms with Crippen molar-refractivity contribution in [2.75, 3.05) is 0 Å². The summed E-state index contributed by atoms with van der Waals surface area (Å²) in [6.07, 6.45) is 0. The van der Waals surface area contributed by atoms with Gasteiger partial charge in [-0.3, -0.25) is 0 Å². The van der Waals surface area contributed by atoms with Crippen LogP contribution in [-0.4, -0.2) is 9.13 Å². The van der Waals surface area contributed by atoms with E-state index in [1.165, 1.54) is 65.9 Å². The second kappa shape index (κ2) is 9.86. The Morgan fingerprint density at radius 3 is 1.48 bits per heavy atom. The van der Waals surface area contributed by atoms with Crippen molar-refractivity contribution >= 4 is 43.6 Å². The molecule has 0 unspecified atom stereocenters. The first kappa shape index (κ1) is 24.7. The van der Waals surface area contributed by atoms with Crippen molar-refractivity contribution in [1.29, 1.82) is 0 Å². The highest BCUT2D eigenvalue weighted by molar-refractivity contribution is 6.20. The molecule has 2 heteroatoms. The molecule has 2 heterocycles. The molecule has 9 rings (SSSR count). The fraction of sp³-hybridized carbons (Fsp3) is 0. The van der Waals surface area contributed by atoms with Gasteiger partial charge in [0.05, 0.1) is 22.1 Å². The maximum atomic E-state index is 2.46.